The number of carbonyl (C=O) groups excluding carboxylic acids is 1. The molecule has 0 unspecified atom stereocenters. The molecule has 2 saturated heterocycles. The van der Waals surface area contributed by atoms with E-state index in [1.54, 1.807) is 4.90 Å². The van der Waals surface area contributed by atoms with E-state index >= 15 is 0 Å². The van der Waals surface area contributed by atoms with Crippen LogP contribution in [0.4, 0.5) is 4.39 Å². The molecular formula is C16H20FN3O3. The minimum absolute atomic E-state index is 0.00539. The van der Waals surface area contributed by atoms with Crippen LogP contribution in [-0.2, 0) is 4.79 Å². The second-order valence-corrected chi connectivity index (χ2v) is 6.57. The van der Waals surface area contributed by atoms with Crippen LogP contribution in [-0.4, -0.2) is 65.0 Å². The molecule has 1 N–H and O–H groups in total. The highest BCUT2D eigenvalue weighted by Crippen LogP contribution is 2.42. The molecule has 124 valence electrons. The number of likely N-dealkylation sites (tertiary alicyclic amines) is 2. The Balaban J connectivity index is 1.86. The van der Waals surface area contributed by atoms with E-state index in [1.165, 1.54) is 12.3 Å². The van der Waals surface area contributed by atoms with Crippen LogP contribution in [0.2, 0.25) is 0 Å². The number of pyridine rings is 1. The van der Waals surface area contributed by atoms with Crippen molar-refractivity contribution in [3.8, 4) is 0 Å². The lowest BCUT2D eigenvalue weighted by Gasteiger charge is -2.29. The Bertz CT molecular complexity index is 639. The standard InChI is InChI=1S/C16H20FN3O3/c1-19-8-11-9-20(6-2-4-16(11,10-19)15(22)23)14(21)12-3-5-18-7-13(12)17/h3,5,7,11H,2,4,6,8-10H2,1H3,(H,22,23)/t11-,16+/m0/s1. The van der Waals surface area contributed by atoms with Crippen LogP contribution >= 0.6 is 0 Å². The molecule has 1 aromatic heterocycles. The summed E-state index contributed by atoms with van der Waals surface area (Å²) in [5.41, 5.74) is -0.810. The minimum atomic E-state index is -0.805. The summed E-state index contributed by atoms with van der Waals surface area (Å²) in [6.45, 7) is 1.93. The van der Waals surface area contributed by atoms with E-state index in [9.17, 15) is 19.1 Å². The Labute approximate surface area is 133 Å². The number of hydrogen-bond donors (Lipinski definition) is 1. The zero-order chi connectivity index (χ0) is 16.6. The Kier molecular flexibility index (Phi) is 4.06. The maximum absolute atomic E-state index is 13.8. The molecule has 2 aliphatic rings. The lowest BCUT2D eigenvalue weighted by molar-refractivity contribution is -0.150. The fourth-order valence-corrected chi connectivity index (χ4v) is 3.94. The third-order valence-corrected chi connectivity index (χ3v) is 5.07. The van der Waals surface area contributed by atoms with Crippen molar-refractivity contribution in [1.29, 1.82) is 0 Å². The van der Waals surface area contributed by atoms with E-state index in [4.69, 9.17) is 0 Å². The van der Waals surface area contributed by atoms with Crippen molar-refractivity contribution in [2.45, 2.75) is 12.8 Å². The lowest BCUT2D eigenvalue weighted by Crippen LogP contribution is -2.42. The molecular weight excluding hydrogens is 301 g/mol. The molecule has 0 radical (unpaired) electrons. The number of carbonyl (C=O) groups is 2. The Hall–Kier alpha value is -2.02. The van der Waals surface area contributed by atoms with Gasteiger partial charge in [-0.15, -0.1) is 0 Å². The van der Waals surface area contributed by atoms with Crippen molar-refractivity contribution in [3.05, 3.63) is 29.8 Å². The van der Waals surface area contributed by atoms with Crippen molar-refractivity contribution in [3.63, 3.8) is 0 Å². The van der Waals surface area contributed by atoms with Crippen molar-refractivity contribution in [1.82, 2.24) is 14.8 Å². The summed E-state index contributed by atoms with van der Waals surface area (Å²) in [7, 11) is 1.90. The van der Waals surface area contributed by atoms with Crippen molar-refractivity contribution < 1.29 is 19.1 Å². The molecule has 2 atom stereocenters. The van der Waals surface area contributed by atoms with Gasteiger partial charge in [0.15, 0.2) is 5.82 Å². The molecule has 1 amide bonds. The molecule has 2 fully saturated rings. The van der Waals surface area contributed by atoms with Gasteiger partial charge in [-0.2, -0.15) is 0 Å². The van der Waals surface area contributed by atoms with Gasteiger partial charge in [0, 0.05) is 38.3 Å². The highest BCUT2D eigenvalue weighted by atomic mass is 19.1. The third-order valence-electron chi connectivity index (χ3n) is 5.07. The summed E-state index contributed by atoms with van der Waals surface area (Å²) in [4.78, 5) is 31.7. The Morgan fingerprint density at radius 3 is 2.91 bits per heavy atom. The largest absolute Gasteiger partial charge is 0.481 e. The summed E-state index contributed by atoms with van der Waals surface area (Å²) >= 11 is 0. The molecule has 3 rings (SSSR count). The van der Waals surface area contributed by atoms with Crippen LogP contribution in [0.15, 0.2) is 18.5 Å². The number of halogens is 1. The first-order valence-corrected chi connectivity index (χ1v) is 7.75. The van der Waals surface area contributed by atoms with Crippen LogP contribution in [0.25, 0.3) is 0 Å². The van der Waals surface area contributed by atoms with Gasteiger partial charge in [0.2, 0.25) is 0 Å². The number of hydrogen-bond acceptors (Lipinski definition) is 4. The summed E-state index contributed by atoms with van der Waals surface area (Å²) in [6, 6.07) is 1.37. The molecule has 3 heterocycles. The number of carboxylic acid groups (broad SMARTS) is 1. The predicted octanol–water partition coefficient (Wildman–Crippen LogP) is 1.09. The number of carboxylic acids is 1. The van der Waals surface area contributed by atoms with Crippen LogP contribution in [0.1, 0.15) is 23.2 Å². The number of nitrogens with zero attached hydrogens (tertiary/aromatic N) is 3. The molecule has 0 aromatic carbocycles. The molecule has 7 heteroatoms. The van der Waals surface area contributed by atoms with Gasteiger partial charge in [-0.25, -0.2) is 4.39 Å². The second kappa shape index (κ2) is 5.88. The maximum Gasteiger partial charge on any atom is 0.311 e. The van der Waals surface area contributed by atoms with Crippen LogP contribution in [0.5, 0.6) is 0 Å². The summed E-state index contributed by atoms with van der Waals surface area (Å²) in [5.74, 6) is -1.96. The summed E-state index contributed by atoms with van der Waals surface area (Å²) in [6.07, 6.45) is 3.56. The average molecular weight is 321 g/mol. The number of rotatable bonds is 2. The van der Waals surface area contributed by atoms with E-state index in [1.807, 2.05) is 11.9 Å². The van der Waals surface area contributed by atoms with E-state index in [-0.39, 0.29) is 17.4 Å². The molecule has 23 heavy (non-hydrogen) atoms. The number of aromatic nitrogens is 1. The zero-order valence-corrected chi connectivity index (χ0v) is 13.0. The Morgan fingerprint density at radius 2 is 2.22 bits per heavy atom. The molecule has 2 aliphatic heterocycles. The molecule has 1 aromatic rings. The first-order chi connectivity index (χ1) is 10.9. The minimum Gasteiger partial charge on any atom is -0.481 e. The number of fused-ring (bicyclic) bond motifs is 1. The van der Waals surface area contributed by atoms with Crippen molar-refractivity contribution in [2.24, 2.45) is 11.3 Å². The fourth-order valence-electron chi connectivity index (χ4n) is 3.94. The van der Waals surface area contributed by atoms with Gasteiger partial charge in [-0.1, -0.05) is 0 Å². The van der Waals surface area contributed by atoms with Gasteiger partial charge >= 0.3 is 5.97 Å². The maximum atomic E-state index is 13.8. The fraction of sp³-hybridized carbons (Fsp3) is 0.562. The van der Waals surface area contributed by atoms with Crippen LogP contribution in [0.3, 0.4) is 0 Å². The van der Waals surface area contributed by atoms with Gasteiger partial charge < -0.3 is 14.9 Å². The van der Waals surface area contributed by atoms with Crippen molar-refractivity contribution >= 4 is 11.9 Å². The van der Waals surface area contributed by atoms with Gasteiger partial charge in [0.05, 0.1) is 17.2 Å². The van der Waals surface area contributed by atoms with Crippen molar-refractivity contribution in [2.75, 3.05) is 33.2 Å². The summed E-state index contributed by atoms with van der Waals surface area (Å²) < 4.78 is 13.8. The van der Waals surface area contributed by atoms with Crippen LogP contribution in [0, 0.1) is 17.2 Å². The predicted molar refractivity (Wildman–Crippen MR) is 80.4 cm³/mol. The van der Waals surface area contributed by atoms with E-state index in [2.05, 4.69) is 4.98 Å². The Morgan fingerprint density at radius 1 is 1.43 bits per heavy atom. The van der Waals surface area contributed by atoms with E-state index in [0.29, 0.717) is 39.0 Å². The molecule has 6 nitrogen and oxygen atoms in total. The monoisotopic (exact) mass is 321 g/mol. The molecule has 0 spiro atoms. The quantitative estimate of drug-likeness (QED) is 0.883. The highest BCUT2D eigenvalue weighted by molar-refractivity contribution is 5.94. The molecule has 0 aliphatic carbocycles. The highest BCUT2D eigenvalue weighted by Gasteiger charge is 2.52. The smallest absolute Gasteiger partial charge is 0.311 e. The van der Waals surface area contributed by atoms with Crippen LogP contribution < -0.4 is 0 Å². The molecule has 0 bridgehead atoms. The van der Waals surface area contributed by atoms with Gasteiger partial charge in [0.1, 0.15) is 0 Å². The first kappa shape index (κ1) is 15.9. The van der Waals surface area contributed by atoms with Gasteiger partial charge in [-0.05, 0) is 26.0 Å². The number of aliphatic carboxylic acids is 1. The topological polar surface area (TPSA) is 73.7 Å². The second-order valence-electron chi connectivity index (χ2n) is 6.57. The van der Waals surface area contributed by atoms with Gasteiger partial charge in [0.25, 0.3) is 5.91 Å². The SMILES string of the molecule is CN1C[C@H]2CN(C(=O)c3ccncc3F)CCC[C@@]2(C(=O)O)C1. The third kappa shape index (κ3) is 2.69. The van der Waals surface area contributed by atoms with E-state index in [0.717, 1.165) is 6.20 Å². The summed E-state index contributed by atoms with van der Waals surface area (Å²) in [5, 5.41) is 9.73. The van der Waals surface area contributed by atoms with E-state index < -0.39 is 17.2 Å². The average Bonchev–Trinajstić information content (AvgIpc) is 2.72. The number of amides is 1. The normalized spacial score (nSPS) is 28.3. The first-order valence-electron chi connectivity index (χ1n) is 7.75. The van der Waals surface area contributed by atoms with Gasteiger partial charge in [-0.3, -0.25) is 14.6 Å². The zero-order valence-electron chi connectivity index (χ0n) is 13.0. The lowest BCUT2D eigenvalue weighted by atomic mass is 9.75. The molecule has 0 saturated carbocycles.